The molecule has 1 rings (SSSR count). The van der Waals surface area contributed by atoms with Gasteiger partial charge in [-0.05, 0) is 49.0 Å². The molecule has 0 bridgehead atoms. The quantitative estimate of drug-likeness (QED) is 0.581. The van der Waals surface area contributed by atoms with Crippen LogP contribution in [0.3, 0.4) is 0 Å². The van der Waals surface area contributed by atoms with Crippen LogP contribution in [0.15, 0.2) is 24.3 Å². The molecule has 0 aromatic heterocycles. The topological polar surface area (TPSA) is 26.3 Å². The summed E-state index contributed by atoms with van der Waals surface area (Å²) in [6, 6.07) is 6.41. The fraction of sp³-hybridized carbons (Fsp3) is 0.471. The third-order valence-corrected chi connectivity index (χ3v) is 2.93. The number of hydrogen-bond acceptors (Lipinski definition) is 2. The van der Waals surface area contributed by atoms with E-state index >= 15 is 0 Å². The highest BCUT2D eigenvalue weighted by molar-refractivity contribution is 5.87. The van der Waals surface area contributed by atoms with Crippen molar-refractivity contribution >= 4 is 12.0 Å². The lowest BCUT2D eigenvalue weighted by molar-refractivity contribution is -0.141. The number of hydrogen-bond donors (Lipinski definition) is 0. The molecule has 1 aromatic carbocycles. The van der Waals surface area contributed by atoms with Crippen LogP contribution < -0.4 is 0 Å². The molecular weight excluding hydrogens is 236 g/mol. The predicted octanol–water partition coefficient (Wildman–Crippen LogP) is 4.34. The van der Waals surface area contributed by atoms with E-state index < -0.39 is 0 Å². The highest BCUT2D eigenvalue weighted by Crippen LogP contribution is 2.22. The third kappa shape index (κ3) is 4.90. The fourth-order valence-corrected chi connectivity index (χ4v) is 1.93. The summed E-state index contributed by atoms with van der Waals surface area (Å²) >= 11 is 0. The molecular formula is C17H24O2. The number of rotatable bonds is 5. The Morgan fingerprint density at radius 2 is 1.95 bits per heavy atom. The molecule has 19 heavy (non-hydrogen) atoms. The summed E-state index contributed by atoms with van der Waals surface area (Å²) in [7, 11) is 0. The first-order chi connectivity index (χ1) is 8.93. The van der Waals surface area contributed by atoms with Crippen molar-refractivity contribution in [2.45, 2.75) is 53.1 Å². The molecule has 1 aromatic rings. The third-order valence-electron chi connectivity index (χ3n) is 2.93. The summed E-state index contributed by atoms with van der Waals surface area (Å²) in [4.78, 5) is 11.5. The molecule has 0 aliphatic rings. The normalized spacial score (nSPS) is 11.5. The summed E-state index contributed by atoms with van der Waals surface area (Å²) in [5, 5.41) is 0. The average molecular weight is 260 g/mol. The van der Waals surface area contributed by atoms with Gasteiger partial charge in [-0.25, -0.2) is 4.79 Å². The Morgan fingerprint density at radius 1 is 1.26 bits per heavy atom. The molecule has 0 N–H and O–H groups in total. The number of carbonyl (C=O) groups is 1. The second-order valence-electron chi connectivity index (χ2n) is 5.29. The number of carbonyl (C=O) groups excluding carboxylic acids is 1. The van der Waals surface area contributed by atoms with Crippen LogP contribution in [0.25, 0.3) is 6.08 Å². The van der Waals surface area contributed by atoms with Gasteiger partial charge in [0.1, 0.15) is 0 Å². The summed E-state index contributed by atoms with van der Waals surface area (Å²) in [5.41, 5.74) is 3.69. The van der Waals surface area contributed by atoms with E-state index in [1.54, 1.807) is 0 Å². The Balaban J connectivity index is 2.94. The number of esters is 1. The lowest BCUT2D eigenvalue weighted by Gasteiger charge is -2.12. The van der Waals surface area contributed by atoms with Crippen LogP contribution in [0.1, 0.15) is 57.2 Å². The molecule has 0 spiro atoms. The second-order valence-corrected chi connectivity index (χ2v) is 5.29. The molecule has 0 amide bonds. The molecule has 0 fully saturated rings. The first-order valence-corrected chi connectivity index (χ1v) is 6.95. The van der Waals surface area contributed by atoms with Crippen molar-refractivity contribution in [3.05, 3.63) is 41.0 Å². The summed E-state index contributed by atoms with van der Waals surface area (Å²) in [6.45, 7) is 10.2. The standard InChI is InChI=1S/C17H24O2/c1-6-14-7-8-15(16(11-14)12(2)3)9-10-17(18)19-13(4)5/h7-13H,6H2,1-5H3. The van der Waals surface area contributed by atoms with E-state index in [1.807, 2.05) is 19.9 Å². The van der Waals surface area contributed by atoms with Gasteiger partial charge >= 0.3 is 5.97 Å². The Labute approximate surface area is 116 Å². The molecule has 2 heteroatoms. The molecule has 0 aliphatic heterocycles. The highest BCUT2D eigenvalue weighted by atomic mass is 16.5. The van der Waals surface area contributed by atoms with Crippen molar-refractivity contribution in [2.75, 3.05) is 0 Å². The van der Waals surface area contributed by atoms with Crippen molar-refractivity contribution in [2.24, 2.45) is 0 Å². The van der Waals surface area contributed by atoms with E-state index in [2.05, 4.69) is 39.0 Å². The molecule has 0 saturated carbocycles. The van der Waals surface area contributed by atoms with Crippen LogP contribution in [0.5, 0.6) is 0 Å². The van der Waals surface area contributed by atoms with Crippen molar-refractivity contribution in [1.29, 1.82) is 0 Å². The minimum atomic E-state index is -0.288. The Morgan fingerprint density at radius 3 is 2.47 bits per heavy atom. The van der Waals surface area contributed by atoms with Crippen LogP contribution in [0, 0.1) is 0 Å². The SMILES string of the molecule is CCc1ccc(C=CC(=O)OC(C)C)c(C(C)C)c1. The fourth-order valence-electron chi connectivity index (χ4n) is 1.93. The highest BCUT2D eigenvalue weighted by Gasteiger charge is 2.06. The van der Waals surface area contributed by atoms with Crippen LogP contribution in [0.2, 0.25) is 0 Å². The van der Waals surface area contributed by atoms with E-state index in [1.165, 1.54) is 17.2 Å². The van der Waals surface area contributed by atoms with Crippen molar-refractivity contribution in [1.82, 2.24) is 0 Å². The van der Waals surface area contributed by atoms with Crippen LogP contribution in [-0.4, -0.2) is 12.1 Å². The molecule has 0 saturated heterocycles. The zero-order chi connectivity index (χ0) is 14.4. The molecule has 2 nitrogen and oxygen atoms in total. The van der Waals surface area contributed by atoms with Crippen LogP contribution >= 0.6 is 0 Å². The number of ether oxygens (including phenoxy) is 1. The molecule has 0 unspecified atom stereocenters. The van der Waals surface area contributed by atoms with Crippen molar-refractivity contribution in [3.8, 4) is 0 Å². The van der Waals surface area contributed by atoms with Gasteiger partial charge in [-0.1, -0.05) is 39.0 Å². The van der Waals surface area contributed by atoms with Gasteiger partial charge in [-0.15, -0.1) is 0 Å². The Hall–Kier alpha value is -1.57. The maximum atomic E-state index is 11.5. The predicted molar refractivity (Wildman–Crippen MR) is 80.2 cm³/mol. The molecule has 0 radical (unpaired) electrons. The van der Waals surface area contributed by atoms with Gasteiger partial charge in [0, 0.05) is 6.08 Å². The van der Waals surface area contributed by atoms with Crippen LogP contribution in [-0.2, 0) is 16.0 Å². The van der Waals surface area contributed by atoms with Gasteiger partial charge in [-0.2, -0.15) is 0 Å². The number of benzene rings is 1. The van der Waals surface area contributed by atoms with Crippen molar-refractivity contribution < 1.29 is 9.53 Å². The molecule has 0 atom stereocenters. The molecule has 0 heterocycles. The first-order valence-electron chi connectivity index (χ1n) is 6.95. The van der Waals surface area contributed by atoms with Gasteiger partial charge in [0.15, 0.2) is 0 Å². The van der Waals surface area contributed by atoms with E-state index in [0.717, 1.165) is 12.0 Å². The Kier molecular flexibility index (Phi) is 5.81. The summed E-state index contributed by atoms with van der Waals surface area (Å²) in [6.07, 6.45) is 4.30. The van der Waals surface area contributed by atoms with Crippen molar-refractivity contribution in [3.63, 3.8) is 0 Å². The van der Waals surface area contributed by atoms with Gasteiger partial charge in [0.25, 0.3) is 0 Å². The minimum Gasteiger partial charge on any atom is -0.460 e. The van der Waals surface area contributed by atoms with Gasteiger partial charge in [0.2, 0.25) is 0 Å². The van der Waals surface area contributed by atoms with E-state index in [4.69, 9.17) is 4.74 Å². The van der Waals surface area contributed by atoms with Gasteiger partial charge in [0.05, 0.1) is 6.10 Å². The van der Waals surface area contributed by atoms with Crippen LogP contribution in [0.4, 0.5) is 0 Å². The average Bonchev–Trinajstić information content (AvgIpc) is 2.35. The zero-order valence-electron chi connectivity index (χ0n) is 12.6. The van der Waals surface area contributed by atoms with E-state index in [0.29, 0.717) is 5.92 Å². The molecule has 0 aliphatic carbocycles. The monoisotopic (exact) mass is 260 g/mol. The largest absolute Gasteiger partial charge is 0.460 e. The van der Waals surface area contributed by atoms with Gasteiger partial charge in [-0.3, -0.25) is 0 Å². The lowest BCUT2D eigenvalue weighted by atomic mass is 9.94. The molecule has 104 valence electrons. The first kappa shape index (κ1) is 15.5. The number of aryl methyl sites for hydroxylation is 1. The second kappa shape index (κ2) is 7.13. The lowest BCUT2D eigenvalue weighted by Crippen LogP contribution is -2.08. The maximum Gasteiger partial charge on any atom is 0.331 e. The summed E-state index contributed by atoms with van der Waals surface area (Å²) in [5.74, 6) is 0.150. The van der Waals surface area contributed by atoms with Gasteiger partial charge < -0.3 is 4.74 Å². The Bertz CT molecular complexity index is 456. The van der Waals surface area contributed by atoms with E-state index in [-0.39, 0.29) is 12.1 Å². The smallest absolute Gasteiger partial charge is 0.331 e. The summed E-state index contributed by atoms with van der Waals surface area (Å²) < 4.78 is 5.09. The van der Waals surface area contributed by atoms with E-state index in [9.17, 15) is 4.79 Å². The maximum absolute atomic E-state index is 11.5. The minimum absolute atomic E-state index is 0.0795. The zero-order valence-corrected chi connectivity index (χ0v) is 12.6.